The number of carboxylic acids is 1. The van der Waals surface area contributed by atoms with Crippen molar-refractivity contribution < 1.29 is 23.8 Å². The predicted molar refractivity (Wildman–Crippen MR) is 47.6 cm³/mol. The molecule has 1 aliphatic heterocycles. The van der Waals surface area contributed by atoms with Crippen LogP contribution in [-0.4, -0.2) is 23.5 Å². The molecule has 0 unspecified atom stereocenters. The van der Waals surface area contributed by atoms with Gasteiger partial charge >= 0.3 is 5.97 Å². The first kappa shape index (κ1) is 9.64. The molecule has 0 radical (unpaired) electrons. The quantitative estimate of drug-likeness (QED) is 0.584. The summed E-state index contributed by atoms with van der Waals surface area (Å²) < 4.78 is 18.4. The third-order valence-corrected chi connectivity index (χ3v) is 2.25. The third kappa shape index (κ3) is 1.45. The highest BCUT2D eigenvalue weighted by molar-refractivity contribution is 6.40. The van der Waals surface area contributed by atoms with Crippen molar-refractivity contribution in [3.63, 3.8) is 0 Å². The van der Waals surface area contributed by atoms with Crippen LogP contribution in [0.2, 0.25) is 0 Å². The molecule has 0 spiro atoms. The van der Waals surface area contributed by atoms with Gasteiger partial charge in [-0.2, -0.15) is 0 Å². The van der Waals surface area contributed by atoms with Crippen molar-refractivity contribution in [1.82, 2.24) is 0 Å². The largest absolute Gasteiger partial charge is 0.493 e. The second kappa shape index (κ2) is 3.34. The van der Waals surface area contributed by atoms with Crippen LogP contribution in [0.4, 0.5) is 4.39 Å². The number of ether oxygens (including phenoxy) is 1. The van der Waals surface area contributed by atoms with Crippen LogP contribution in [-0.2, 0) is 11.2 Å². The summed E-state index contributed by atoms with van der Waals surface area (Å²) in [5, 5.41) is 8.53. The summed E-state index contributed by atoms with van der Waals surface area (Å²) in [6, 6.07) is 2.44. The molecule has 0 saturated heterocycles. The summed E-state index contributed by atoms with van der Waals surface area (Å²) in [4.78, 5) is 21.7. The van der Waals surface area contributed by atoms with Gasteiger partial charge in [0.25, 0.3) is 5.78 Å². The van der Waals surface area contributed by atoms with E-state index in [4.69, 9.17) is 9.84 Å². The first-order chi connectivity index (χ1) is 7.11. The fourth-order valence-corrected chi connectivity index (χ4v) is 1.60. The van der Waals surface area contributed by atoms with Gasteiger partial charge in [-0.05, 0) is 12.1 Å². The fourth-order valence-electron chi connectivity index (χ4n) is 1.60. The van der Waals surface area contributed by atoms with Gasteiger partial charge < -0.3 is 9.84 Å². The highest BCUT2D eigenvalue weighted by atomic mass is 19.1. The number of fused-ring (bicyclic) bond motifs is 1. The summed E-state index contributed by atoms with van der Waals surface area (Å²) in [6.45, 7) is 0.346. The number of aliphatic carboxylic acids is 1. The van der Waals surface area contributed by atoms with E-state index in [1.807, 2.05) is 0 Å². The lowest BCUT2D eigenvalue weighted by Crippen LogP contribution is -2.16. The Balaban J connectivity index is 2.60. The average molecular weight is 210 g/mol. The van der Waals surface area contributed by atoms with Crippen LogP contribution in [0, 0.1) is 5.82 Å². The van der Waals surface area contributed by atoms with Crippen molar-refractivity contribution in [3.8, 4) is 5.75 Å². The van der Waals surface area contributed by atoms with Gasteiger partial charge in [0.2, 0.25) is 0 Å². The van der Waals surface area contributed by atoms with Crippen LogP contribution in [0.5, 0.6) is 5.75 Å². The summed E-state index contributed by atoms with van der Waals surface area (Å²) in [6.07, 6.45) is 0.363. The molecule has 0 atom stereocenters. The first-order valence-electron chi connectivity index (χ1n) is 4.33. The molecule has 15 heavy (non-hydrogen) atoms. The highest BCUT2D eigenvalue weighted by Crippen LogP contribution is 2.30. The maximum absolute atomic E-state index is 13.3. The fraction of sp³-hybridized carbons (Fsp3) is 0.200. The minimum Gasteiger partial charge on any atom is -0.493 e. The summed E-state index contributed by atoms with van der Waals surface area (Å²) in [5.41, 5.74) is -0.0279. The second-order valence-corrected chi connectivity index (χ2v) is 3.13. The van der Waals surface area contributed by atoms with Gasteiger partial charge in [-0.15, -0.1) is 0 Å². The van der Waals surface area contributed by atoms with Gasteiger partial charge in [-0.3, -0.25) is 4.79 Å². The molecular weight excluding hydrogens is 203 g/mol. The number of Topliss-reactive ketones (excluding diaryl/α,β-unsaturated/α-hetero) is 1. The monoisotopic (exact) mass is 210 g/mol. The van der Waals surface area contributed by atoms with E-state index >= 15 is 0 Å². The molecule has 4 nitrogen and oxygen atoms in total. The molecule has 1 aromatic carbocycles. The maximum Gasteiger partial charge on any atom is 0.377 e. The normalized spacial score (nSPS) is 13.1. The molecule has 0 aliphatic carbocycles. The molecular formula is C10H7FO4. The smallest absolute Gasteiger partial charge is 0.377 e. The lowest BCUT2D eigenvalue weighted by molar-refractivity contribution is -0.131. The first-order valence-corrected chi connectivity index (χ1v) is 4.33. The van der Waals surface area contributed by atoms with Crippen LogP contribution >= 0.6 is 0 Å². The van der Waals surface area contributed by atoms with E-state index in [2.05, 4.69) is 0 Å². The molecule has 1 aromatic rings. The zero-order chi connectivity index (χ0) is 11.0. The van der Waals surface area contributed by atoms with Crippen molar-refractivity contribution in [1.29, 1.82) is 0 Å². The molecule has 0 bridgehead atoms. The second-order valence-electron chi connectivity index (χ2n) is 3.13. The van der Waals surface area contributed by atoms with Gasteiger partial charge in [-0.25, -0.2) is 9.18 Å². The Kier molecular flexibility index (Phi) is 2.15. The molecule has 5 heteroatoms. The summed E-state index contributed by atoms with van der Waals surface area (Å²) in [5.74, 6) is -3.31. The Morgan fingerprint density at radius 2 is 2.13 bits per heavy atom. The van der Waals surface area contributed by atoms with E-state index in [1.54, 1.807) is 0 Å². The summed E-state index contributed by atoms with van der Waals surface area (Å²) >= 11 is 0. The number of hydrogen-bond donors (Lipinski definition) is 1. The molecule has 1 heterocycles. The number of halogens is 1. The zero-order valence-electron chi connectivity index (χ0n) is 7.62. The van der Waals surface area contributed by atoms with Gasteiger partial charge in [0.1, 0.15) is 11.6 Å². The topological polar surface area (TPSA) is 63.6 Å². The Morgan fingerprint density at radius 3 is 2.80 bits per heavy atom. The van der Waals surface area contributed by atoms with Gasteiger partial charge in [0.05, 0.1) is 12.2 Å². The number of rotatable bonds is 2. The number of carboxylic acid groups (broad SMARTS) is 1. The van der Waals surface area contributed by atoms with Crippen molar-refractivity contribution in [2.75, 3.05) is 6.61 Å². The van der Waals surface area contributed by atoms with Crippen molar-refractivity contribution in [3.05, 3.63) is 29.1 Å². The molecule has 1 N–H and O–H groups in total. The van der Waals surface area contributed by atoms with Crippen molar-refractivity contribution in [2.24, 2.45) is 0 Å². The molecule has 2 rings (SSSR count). The van der Waals surface area contributed by atoms with Crippen LogP contribution < -0.4 is 4.74 Å². The minimum atomic E-state index is -1.66. The molecule has 0 saturated carbocycles. The standard InChI is InChI=1S/C10H7FO4/c11-6-1-2-7-5(3-4-15-7)8(6)9(12)10(13)14/h1-2H,3-4H2,(H,13,14). The SMILES string of the molecule is O=C(O)C(=O)c1c(F)ccc2c1CCO2. The minimum absolute atomic E-state index is 0.346. The number of hydrogen-bond acceptors (Lipinski definition) is 3. The van der Waals surface area contributed by atoms with Gasteiger partial charge in [0, 0.05) is 12.0 Å². The molecule has 0 fully saturated rings. The van der Waals surface area contributed by atoms with Gasteiger partial charge in [-0.1, -0.05) is 0 Å². The predicted octanol–water partition coefficient (Wildman–Crippen LogP) is 1.03. The van der Waals surface area contributed by atoms with Crippen LogP contribution in [0.15, 0.2) is 12.1 Å². The Hall–Kier alpha value is -1.91. The Labute approximate surface area is 84.3 Å². The van der Waals surface area contributed by atoms with E-state index in [0.29, 0.717) is 24.3 Å². The third-order valence-electron chi connectivity index (χ3n) is 2.25. The van der Waals surface area contributed by atoms with E-state index in [0.717, 1.165) is 6.07 Å². The van der Waals surface area contributed by atoms with Crippen LogP contribution in [0.3, 0.4) is 0 Å². The number of carbonyl (C=O) groups is 2. The Bertz CT molecular complexity index is 453. The van der Waals surface area contributed by atoms with Crippen LogP contribution in [0.25, 0.3) is 0 Å². The molecule has 0 aromatic heterocycles. The Morgan fingerprint density at radius 1 is 1.40 bits per heavy atom. The lowest BCUT2D eigenvalue weighted by Gasteiger charge is -2.04. The van der Waals surface area contributed by atoms with E-state index < -0.39 is 17.6 Å². The molecule has 1 aliphatic rings. The van der Waals surface area contributed by atoms with Gasteiger partial charge in [0.15, 0.2) is 0 Å². The number of carbonyl (C=O) groups excluding carboxylic acids is 1. The van der Waals surface area contributed by atoms with E-state index in [9.17, 15) is 14.0 Å². The average Bonchev–Trinajstić information content (AvgIpc) is 2.64. The summed E-state index contributed by atoms with van der Waals surface area (Å²) in [7, 11) is 0. The molecule has 78 valence electrons. The molecule has 0 amide bonds. The highest BCUT2D eigenvalue weighted by Gasteiger charge is 2.27. The van der Waals surface area contributed by atoms with E-state index in [1.165, 1.54) is 6.07 Å². The van der Waals surface area contributed by atoms with Crippen molar-refractivity contribution in [2.45, 2.75) is 6.42 Å². The zero-order valence-corrected chi connectivity index (χ0v) is 7.62. The van der Waals surface area contributed by atoms with E-state index in [-0.39, 0.29) is 5.56 Å². The van der Waals surface area contributed by atoms with Crippen LogP contribution in [0.1, 0.15) is 15.9 Å². The maximum atomic E-state index is 13.3. The lowest BCUT2D eigenvalue weighted by atomic mass is 10.0. The number of ketones is 1. The number of benzene rings is 1. The van der Waals surface area contributed by atoms with Crippen molar-refractivity contribution >= 4 is 11.8 Å².